The van der Waals surface area contributed by atoms with Gasteiger partial charge in [-0.25, -0.2) is 4.79 Å². The highest BCUT2D eigenvalue weighted by Crippen LogP contribution is 2.62. The van der Waals surface area contributed by atoms with Crippen LogP contribution in [0, 0.1) is 16.7 Å². The van der Waals surface area contributed by atoms with Crippen LogP contribution in [0.15, 0.2) is 64.6 Å². The van der Waals surface area contributed by atoms with Crippen LogP contribution in [0.5, 0.6) is 0 Å². The third kappa shape index (κ3) is 4.18. The lowest BCUT2D eigenvalue weighted by atomic mass is 9.53. The number of methoxy groups -OCH3 is 1. The van der Waals surface area contributed by atoms with Crippen LogP contribution in [0.2, 0.25) is 0 Å². The molecule has 1 saturated carbocycles. The van der Waals surface area contributed by atoms with Gasteiger partial charge in [-0.3, -0.25) is 14.4 Å². The molecule has 0 aromatic heterocycles. The van der Waals surface area contributed by atoms with Crippen molar-refractivity contribution in [1.29, 1.82) is 0 Å². The number of aliphatic hydroxyl groups excluding tert-OH is 1. The number of hydrogen-bond donors (Lipinski definition) is 1. The first kappa shape index (κ1) is 27.8. The molecule has 0 bridgehead atoms. The fourth-order valence-electron chi connectivity index (χ4n) is 7.22. The van der Waals surface area contributed by atoms with Gasteiger partial charge in [0.2, 0.25) is 5.78 Å². The normalized spacial score (nSPS) is 32.5. The topological polar surface area (TPSA) is 119 Å². The number of nitrogens with zero attached hydrogens (tertiary/aromatic N) is 1. The molecule has 9 nitrogen and oxygen atoms in total. The SMILES string of the molecule is COC[C@H]1OC(=O)/C(=C\N(C)Cc2ccccc2)C2=C(O)C(=O)C3=C([C@H](OC(C)=O)C[C@]4(C)C(=O)CC[C@@H]34)[C@]21C. The average molecular weight is 550 g/mol. The van der Waals surface area contributed by atoms with Crippen molar-refractivity contribution >= 4 is 23.5 Å². The van der Waals surface area contributed by atoms with E-state index in [2.05, 4.69) is 0 Å². The summed E-state index contributed by atoms with van der Waals surface area (Å²) in [6, 6.07) is 9.66. The summed E-state index contributed by atoms with van der Waals surface area (Å²) in [5.41, 5.74) is -0.248. The number of hydrogen-bond acceptors (Lipinski definition) is 9. The van der Waals surface area contributed by atoms with E-state index in [1.54, 1.807) is 32.0 Å². The fraction of sp³-hybridized carbons (Fsp3) is 0.484. The van der Waals surface area contributed by atoms with E-state index in [1.807, 2.05) is 30.3 Å². The molecule has 1 heterocycles. The van der Waals surface area contributed by atoms with Crippen molar-refractivity contribution in [2.24, 2.45) is 16.7 Å². The van der Waals surface area contributed by atoms with Crippen LogP contribution in [0.3, 0.4) is 0 Å². The zero-order valence-corrected chi connectivity index (χ0v) is 23.5. The van der Waals surface area contributed by atoms with Crippen LogP contribution < -0.4 is 0 Å². The Morgan fingerprint density at radius 1 is 1.20 bits per heavy atom. The van der Waals surface area contributed by atoms with Gasteiger partial charge in [-0.2, -0.15) is 0 Å². The number of carbonyl (C=O) groups excluding carboxylic acids is 4. The number of benzene rings is 1. The van der Waals surface area contributed by atoms with Gasteiger partial charge in [-0.15, -0.1) is 0 Å². The molecular formula is C31H35NO8. The summed E-state index contributed by atoms with van der Waals surface area (Å²) < 4.78 is 17.2. The van der Waals surface area contributed by atoms with Crippen molar-refractivity contribution in [3.05, 3.63) is 70.1 Å². The van der Waals surface area contributed by atoms with Crippen LogP contribution in [-0.2, 0) is 39.9 Å². The Hall–Kier alpha value is -3.72. The summed E-state index contributed by atoms with van der Waals surface area (Å²) in [5.74, 6) is -2.91. The van der Waals surface area contributed by atoms with Crippen molar-refractivity contribution in [2.45, 2.75) is 58.8 Å². The number of ether oxygens (including phenoxy) is 3. The number of esters is 2. The molecule has 1 aliphatic heterocycles. The summed E-state index contributed by atoms with van der Waals surface area (Å²) in [6.45, 7) is 5.31. The zero-order valence-electron chi connectivity index (χ0n) is 23.5. The molecule has 5 atom stereocenters. The molecule has 1 aromatic carbocycles. The first-order valence-corrected chi connectivity index (χ1v) is 13.5. The molecular weight excluding hydrogens is 514 g/mol. The van der Waals surface area contributed by atoms with E-state index in [1.165, 1.54) is 14.0 Å². The van der Waals surface area contributed by atoms with Crippen LogP contribution in [0.4, 0.5) is 0 Å². The monoisotopic (exact) mass is 549 g/mol. The van der Waals surface area contributed by atoms with Gasteiger partial charge in [-0.1, -0.05) is 37.3 Å². The number of Topliss-reactive ketones (excluding diaryl/α,β-unsaturated/α-hetero) is 2. The maximum Gasteiger partial charge on any atom is 0.340 e. The molecule has 1 N–H and O–H groups in total. The summed E-state index contributed by atoms with van der Waals surface area (Å²) in [7, 11) is 3.26. The molecule has 2 fully saturated rings. The Kier molecular flexibility index (Phi) is 6.98. The molecule has 4 aliphatic rings. The summed E-state index contributed by atoms with van der Waals surface area (Å²) in [4.78, 5) is 54.6. The smallest absolute Gasteiger partial charge is 0.340 e. The third-order valence-corrected chi connectivity index (χ3v) is 9.04. The van der Waals surface area contributed by atoms with E-state index in [4.69, 9.17) is 14.2 Å². The fourth-order valence-corrected chi connectivity index (χ4v) is 7.22. The highest BCUT2D eigenvalue weighted by Gasteiger charge is 2.64. The minimum Gasteiger partial charge on any atom is -0.504 e. The Morgan fingerprint density at radius 3 is 2.55 bits per heavy atom. The molecule has 1 saturated heterocycles. The second kappa shape index (κ2) is 10.0. The molecule has 0 spiro atoms. The second-order valence-corrected chi connectivity index (χ2v) is 11.6. The van der Waals surface area contributed by atoms with E-state index in [0.29, 0.717) is 18.5 Å². The summed E-state index contributed by atoms with van der Waals surface area (Å²) in [6.07, 6.45) is 0.671. The van der Waals surface area contributed by atoms with Gasteiger partial charge < -0.3 is 24.2 Å². The maximum absolute atomic E-state index is 14.0. The van der Waals surface area contributed by atoms with E-state index < -0.39 is 52.4 Å². The molecule has 3 aliphatic carbocycles. The Labute approximate surface area is 233 Å². The summed E-state index contributed by atoms with van der Waals surface area (Å²) >= 11 is 0. The standard InChI is InChI=1S/C31H35NO8/c1-17(33)39-21-13-30(2)20(11-12-22(30)34)24-26(21)31(3)23(16-38-5)40-29(37)19(25(31)28(36)27(24)35)15-32(4)14-18-9-7-6-8-10-18/h6-10,15,20-21,23,36H,11-14,16H2,1-5H3/b19-15-/t20-,21+,23+,30-,31-/m0/s1. The van der Waals surface area contributed by atoms with Gasteiger partial charge in [0.25, 0.3) is 0 Å². The predicted octanol–water partition coefficient (Wildman–Crippen LogP) is 3.59. The molecule has 9 heteroatoms. The van der Waals surface area contributed by atoms with Crippen LogP contribution in [0.1, 0.15) is 45.6 Å². The predicted molar refractivity (Wildman–Crippen MR) is 144 cm³/mol. The van der Waals surface area contributed by atoms with Crippen molar-refractivity contribution < 1.29 is 38.5 Å². The largest absolute Gasteiger partial charge is 0.504 e. The lowest BCUT2D eigenvalue weighted by Crippen LogP contribution is -2.57. The highest BCUT2D eigenvalue weighted by atomic mass is 16.6. The van der Waals surface area contributed by atoms with E-state index in [9.17, 15) is 24.3 Å². The van der Waals surface area contributed by atoms with Crippen molar-refractivity contribution in [3.8, 4) is 0 Å². The minimum atomic E-state index is -1.26. The van der Waals surface area contributed by atoms with Crippen LogP contribution >= 0.6 is 0 Å². The van der Waals surface area contributed by atoms with Crippen molar-refractivity contribution in [2.75, 3.05) is 20.8 Å². The lowest BCUT2D eigenvalue weighted by Gasteiger charge is -2.53. The third-order valence-electron chi connectivity index (χ3n) is 9.04. The van der Waals surface area contributed by atoms with Crippen molar-refractivity contribution in [3.63, 3.8) is 0 Å². The Balaban J connectivity index is 1.71. The minimum absolute atomic E-state index is 0.0000523. The number of rotatable bonds is 6. The number of carbonyl (C=O) groups is 4. The van der Waals surface area contributed by atoms with Gasteiger partial charge in [-0.05, 0) is 24.5 Å². The molecule has 212 valence electrons. The maximum atomic E-state index is 14.0. The number of ketones is 2. The molecule has 1 aromatic rings. The number of allylic oxidation sites excluding steroid dienone is 1. The molecule has 5 rings (SSSR count). The lowest BCUT2D eigenvalue weighted by molar-refractivity contribution is -0.160. The highest BCUT2D eigenvalue weighted by molar-refractivity contribution is 6.14. The number of fused-ring (bicyclic) bond motifs is 4. The molecule has 0 radical (unpaired) electrons. The quantitative estimate of drug-likeness (QED) is 0.419. The van der Waals surface area contributed by atoms with Crippen molar-refractivity contribution in [1.82, 2.24) is 4.90 Å². The van der Waals surface area contributed by atoms with Gasteiger partial charge >= 0.3 is 11.9 Å². The van der Waals surface area contributed by atoms with Crippen LogP contribution in [0.25, 0.3) is 0 Å². The van der Waals surface area contributed by atoms with E-state index >= 15 is 0 Å². The Bertz CT molecular complexity index is 1370. The van der Waals surface area contributed by atoms with E-state index in [0.717, 1.165) is 5.56 Å². The summed E-state index contributed by atoms with van der Waals surface area (Å²) in [5, 5.41) is 11.6. The van der Waals surface area contributed by atoms with Gasteiger partial charge in [0.15, 0.2) is 5.76 Å². The molecule has 40 heavy (non-hydrogen) atoms. The van der Waals surface area contributed by atoms with E-state index in [-0.39, 0.29) is 42.0 Å². The first-order valence-electron chi connectivity index (χ1n) is 13.5. The van der Waals surface area contributed by atoms with Gasteiger partial charge in [0, 0.05) is 69.1 Å². The first-order chi connectivity index (χ1) is 18.9. The average Bonchev–Trinajstić information content (AvgIpc) is 3.19. The Morgan fingerprint density at radius 2 is 1.90 bits per heavy atom. The number of aliphatic hydroxyl groups is 1. The van der Waals surface area contributed by atoms with Crippen LogP contribution in [-0.4, -0.2) is 66.5 Å². The molecule has 0 unspecified atom stereocenters. The van der Waals surface area contributed by atoms with Gasteiger partial charge in [0.05, 0.1) is 17.6 Å². The zero-order chi connectivity index (χ0) is 29.0. The van der Waals surface area contributed by atoms with Gasteiger partial charge in [0.1, 0.15) is 18.0 Å². The molecule has 0 amide bonds. The number of cyclic esters (lactones) is 1. The second-order valence-electron chi connectivity index (χ2n) is 11.6.